The summed E-state index contributed by atoms with van der Waals surface area (Å²) in [5.41, 5.74) is 4.51. The minimum atomic E-state index is -1.27. The van der Waals surface area contributed by atoms with E-state index < -0.39 is 31.1 Å². The van der Waals surface area contributed by atoms with E-state index in [0.29, 0.717) is 18.5 Å². The van der Waals surface area contributed by atoms with Crippen molar-refractivity contribution >= 4 is 28.6 Å². The van der Waals surface area contributed by atoms with Gasteiger partial charge in [-0.05, 0) is 23.6 Å². The highest BCUT2D eigenvalue weighted by Crippen LogP contribution is 2.32. The summed E-state index contributed by atoms with van der Waals surface area (Å²) < 4.78 is 6.96. The second-order valence-corrected chi connectivity index (χ2v) is 6.92. The summed E-state index contributed by atoms with van der Waals surface area (Å²) >= 11 is 6.04. The van der Waals surface area contributed by atoms with Crippen LogP contribution in [0, 0.1) is 0 Å². The molecule has 10 nitrogen and oxygen atoms in total. The van der Waals surface area contributed by atoms with Crippen LogP contribution in [0.1, 0.15) is 11.8 Å². The zero-order valence-electron chi connectivity index (χ0n) is 15.2. The standard InChI is InChI=1S/C18H20ClN5O5/c19-18-21-15(23-28-7-6-10-4-2-1-3-5-10)12-16(22-18)24(9-20-12)17-14(27)13(26)11(8-25)29-17/h1-5,9,11,13-14,17,25-27H,6-8H2,(H,21,22,23). The number of hydrogen-bond donors (Lipinski definition) is 4. The molecule has 29 heavy (non-hydrogen) atoms. The van der Waals surface area contributed by atoms with Gasteiger partial charge in [-0.1, -0.05) is 30.3 Å². The van der Waals surface area contributed by atoms with Crippen molar-refractivity contribution in [2.24, 2.45) is 0 Å². The second-order valence-electron chi connectivity index (χ2n) is 6.58. The largest absolute Gasteiger partial charge is 0.394 e. The Morgan fingerprint density at radius 3 is 2.69 bits per heavy atom. The zero-order valence-corrected chi connectivity index (χ0v) is 16.0. The lowest BCUT2D eigenvalue weighted by molar-refractivity contribution is -0.0511. The summed E-state index contributed by atoms with van der Waals surface area (Å²) in [6, 6.07) is 9.88. The Hall–Kier alpha value is -2.34. The summed E-state index contributed by atoms with van der Waals surface area (Å²) in [6.07, 6.45) is -2.30. The topological polar surface area (TPSA) is 135 Å². The number of imidazole rings is 1. The molecule has 1 saturated heterocycles. The number of rotatable bonds is 7. The Morgan fingerprint density at radius 2 is 1.97 bits per heavy atom. The summed E-state index contributed by atoms with van der Waals surface area (Å²) in [5.74, 6) is 0.263. The van der Waals surface area contributed by atoms with E-state index in [2.05, 4.69) is 20.4 Å². The van der Waals surface area contributed by atoms with Crippen molar-refractivity contribution in [1.29, 1.82) is 0 Å². The Labute approximate surface area is 170 Å². The first kappa shape index (κ1) is 20.0. The SMILES string of the molecule is OCC1OC(n2cnc3c(NOCCc4ccccc4)nc(Cl)nc32)C(O)C1O. The van der Waals surface area contributed by atoms with Crippen molar-refractivity contribution in [2.75, 3.05) is 18.7 Å². The molecule has 4 rings (SSSR count). The average Bonchev–Trinajstić information content (AvgIpc) is 3.27. The molecule has 0 saturated carbocycles. The van der Waals surface area contributed by atoms with Gasteiger partial charge in [0.1, 0.15) is 18.3 Å². The zero-order chi connectivity index (χ0) is 20.4. The molecule has 0 radical (unpaired) electrons. The Morgan fingerprint density at radius 1 is 1.17 bits per heavy atom. The van der Waals surface area contributed by atoms with Gasteiger partial charge in [-0.15, -0.1) is 0 Å². The van der Waals surface area contributed by atoms with Crippen molar-refractivity contribution in [2.45, 2.75) is 31.0 Å². The first-order chi connectivity index (χ1) is 14.1. The number of ether oxygens (including phenoxy) is 1. The Bertz CT molecular complexity index is 972. The van der Waals surface area contributed by atoms with E-state index in [1.54, 1.807) is 0 Å². The molecule has 11 heteroatoms. The lowest BCUT2D eigenvalue weighted by Crippen LogP contribution is -2.33. The smallest absolute Gasteiger partial charge is 0.226 e. The molecular weight excluding hydrogens is 402 g/mol. The van der Waals surface area contributed by atoms with E-state index in [4.69, 9.17) is 21.2 Å². The van der Waals surface area contributed by atoms with Gasteiger partial charge >= 0.3 is 0 Å². The van der Waals surface area contributed by atoms with Gasteiger partial charge < -0.3 is 20.1 Å². The summed E-state index contributed by atoms with van der Waals surface area (Å²) in [5, 5.41) is 29.5. The molecule has 4 atom stereocenters. The first-order valence-corrected chi connectivity index (χ1v) is 9.40. The maximum Gasteiger partial charge on any atom is 0.226 e. The highest BCUT2D eigenvalue weighted by atomic mass is 35.5. The van der Waals surface area contributed by atoms with Gasteiger partial charge in [-0.2, -0.15) is 9.97 Å². The Balaban J connectivity index is 1.51. The van der Waals surface area contributed by atoms with Crippen LogP contribution >= 0.6 is 11.6 Å². The summed E-state index contributed by atoms with van der Waals surface area (Å²) in [4.78, 5) is 18.0. The third kappa shape index (κ3) is 4.04. The monoisotopic (exact) mass is 421 g/mol. The van der Waals surface area contributed by atoms with Crippen molar-refractivity contribution in [3.63, 3.8) is 0 Å². The van der Waals surface area contributed by atoms with Crippen molar-refractivity contribution in [3.05, 3.63) is 47.5 Å². The van der Waals surface area contributed by atoms with Gasteiger partial charge in [0.2, 0.25) is 5.28 Å². The number of aliphatic hydroxyl groups is 3. The van der Waals surface area contributed by atoms with Crippen LogP contribution in [0.25, 0.3) is 11.2 Å². The van der Waals surface area contributed by atoms with E-state index in [1.165, 1.54) is 10.9 Å². The molecule has 0 spiro atoms. The highest BCUT2D eigenvalue weighted by Gasteiger charge is 2.44. The molecule has 4 N–H and O–H groups in total. The fourth-order valence-electron chi connectivity index (χ4n) is 3.19. The van der Waals surface area contributed by atoms with Crippen molar-refractivity contribution < 1.29 is 24.9 Å². The Kier molecular flexibility index (Phi) is 5.90. The molecule has 4 unspecified atom stereocenters. The molecule has 0 aliphatic carbocycles. The third-order valence-corrected chi connectivity index (χ3v) is 4.86. The maximum absolute atomic E-state index is 10.3. The van der Waals surface area contributed by atoms with E-state index in [1.807, 2.05) is 30.3 Å². The third-order valence-electron chi connectivity index (χ3n) is 4.69. The predicted molar refractivity (Wildman–Crippen MR) is 103 cm³/mol. The van der Waals surface area contributed by atoms with Gasteiger partial charge in [-0.25, -0.2) is 10.5 Å². The van der Waals surface area contributed by atoms with Gasteiger partial charge in [0.05, 0.1) is 19.5 Å². The molecule has 1 aliphatic heterocycles. The first-order valence-electron chi connectivity index (χ1n) is 9.02. The van der Waals surface area contributed by atoms with Gasteiger partial charge in [0, 0.05) is 0 Å². The number of aliphatic hydroxyl groups excluding tert-OH is 3. The number of nitrogens with one attached hydrogen (secondary N) is 1. The quantitative estimate of drug-likeness (QED) is 0.246. The van der Waals surface area contributed by atoms with Gasteiger partial charge in [-0.3, -0.25) is 9.40 Å². The molecule has 0 bridgehead atoms. The normalized spacial score (nSPS) is 24.3. The summed E-state index contributed by atoms with van der Waals surface area (Å²) in [6.45, 7) is -0.0399. The minimum Gasteiger partial charge on any atom is -0.394 e. The maximum atomic E-state index is 10.3. The van der Waals surface area contributed by atoms with E-state index in [-0.39, 0.29) is 16.7 Å². The van der Waals surface area contributed by atoms with Crippen LogP contribution in [0.4, 0.5) is 5.82 Å². The lowest BCUT2D eigenvalue weighted by Gasteiger charge is -2.16. The second kappa shape index (κ2) is 8.57. The molecular formula is C18H20ClN5O5. The van der Waals surface area contributed by atoms with Crippen LogP contribution in [0.5, 0.6) is 0 Å². The van der Waals surface area contributed by atoms with Crippen LogP contribution < -0.4 is 5.48 Å². The van der Waals surface area contributed by atoms with E-state index in [9.17, 15) is 15.3 Å². The predicted octanol–water partition coefficient (Wildman–Crippen LogP) is 0.677. The van der Waals surface area contributed by atoms with Crippen molar-refractivity contribution in [3.8, 4) is 0 Å². The number of anilines is 1. The minimum absolute atomic E-state index is 0.0554. The molecule has 3 heterocycles. The summed E-state index contributed by atoms with van der Waals surface area (Å²) in [7, 11) is 0. The molecule has 154 valence electrons. The highest BCUT2D eigenvalue weighted by molar-refractivity contribution is 6.28. The fraction of sp³-hybridized carbons (Fsp3) is 0.389. The number of halogens is 1. The van der Waals surface area contributed by atoms with Gasteiger partial charge in [0.25, 0.3) is 0 Å². The van der Waals surface area contributed by atoms with Crippen LogP contribution in [-0.4, -0.2) is 66.4 Å². The molecule has 0 amide bonds. The average molecular weight is 422 g/mol. The molecule has 1 fully saturated rings. The van der Waals surface area contributed by atoms with Crippen molar-refractivity contribution in [1.82, 2.24) is 19.5 Å². The molecule has 3 aromatic rings. The van der Waals surface area contributed by atoms with Crippen LogP contribution in [0.3, 0.4) is 0 Å². The van der Waals surface area contributed by atoms with Crippen LogP contribution in [0.15, 0.2) is 36.7 Å². The number of benzene rings is 1. The van der Waals surface area contributed by atoms with Gasteiger partial charge in [0.15, 0.2) is 23.2 Å². The molecule has 2 aromatic heterocycles. The number of hydrogen-bond acceptors (Lipinski definition) is 9. The van der Waals surface area contributed by atoms with Crippen LogP contribution in [0.2, 0.25) is 5.28 Å². The lowest BCUT2D eigenvalue weighted by atomic mass is 10.1. The fourth-order valence-corrected chi connectivity index (χ4v) is 3.35. The molecule has 1 aromatic carbocycles. The molecule has 1 aliphatic rings. The van der Waals surface area contributed by atoms with E-state index >= 15 is 0 Å². The number of fused-ring (bicyclic) bond motifs is 1. The number of aromatic nitrogens is 4. The van der Waals surface area contributed by atoms with Crippen LogP contribution in [-0.2, 0) is 16.0 Å². The number of nitrogens with zero attached hydrogens (tertiary/aromatic N) is 4. The van der Waals surface area contributed by atoms with E-state index in [0.717, 1.165) is 5.56 Å².